The van der Waals surface area contributed by atoms with Crippen molar-refractivity contribution in [2.75, 3.05) is 20.3 Å². The van der Waals surface area contributed by atoms with Crippen molar-refractivity contribution in [2.45, 2.75) is 51.4 Å². The van der Waals surface area contributed by atoms with Gasteiger partial charge in [-0.2, -0.15) is 0 Å². The summed E-state index contributed by atoms with van der Waals surface area (Å²) in [7, 11) is 1.67. The van der Waals surface area contributed by atoms with E-state index in [9.17, 15) is 0 Å². The minimum absolute atomic E-state index is 0.0559. The minimum atomic E-state index is -0.493. The van der Waals surface area contributed by atoms with E-state index < -0.39 is 5.60 Å². The fourth-order valence-electron chi connectivity index (χ4n) is 2.39. The fourth-order valence-corrected chi connectivity index (χ4v) is 3.06. The highest BCUT2D eigenvalue weighted by Gasteiger charge is 2.23. The normalized spacial score (nSPS) is 17.4. The van der Waals surface area contributed by atoms with Gasteiger partial charge in [-0.25, -0.2) is 0 Å². The standard InChI is InChI=1S/C18H24BrNO3/c1-13(21-4)17-16(19)11-14(12-20-17)5-8-18(2,3)23-15-6-9-22-10-7-15/h11-13,15H,6-7,9-10H2,1-4H3/t13-/m0/s1. The van der Waals surface area contributed by atoms with Crippen LogP contribution in [-0.2, 0) is 14.2 Å². The van der Waals surface area contributed by atoms with Crippen LogP contribution in [0.15, 0.2) is 16.7 Å². The zero-order chi connectivity index (χ0) is 16.9. The second kappa shape index (κ2) is 8.25. The molecule has 0 radical (unpaired) electrons. The van der Waals surface area contributed by atoms with Crippen molar-refractivity contribution < 1.29 is 14.2 Å². The Labute approximate surface area is 147 Å². The molecule has 0 unspecified atom stereocenters. The van der Waals surface area contributed by atoms with E-state index in [0.29, 0.717) is 0 Å². The summed E-state index contributed by atoms with van der Waals surface area (Å²) < 4.78 is 17.7. The van der Waals surface area contributed by atoms with Gasteiger partial charge in [-0.15, -0.1) is 0 Å². The van der Waals surface area contributed by atoms with Gasteiger partial charge < -0.3 is 14.2 Å². The van der Waals surface area contributed by atoms with Gasteiger partial charge in [-0.1, -0.05) is 11.8 Å². The van der Waals surface area contributed by atoms with Gasteiger partial charge in [-0.3, -0.25) is 4.98 Å². The number of pyridine rings is 1. The van der Waals surface area contributed by atoms with Crippen LogP contribution in [0.25, 0.3) is 0 Å². The van der Waals surface area contributed by atoms with E-state index in [4.69, 9.17) is 14.2 Å². The van der Waals surface area contributed by atoms with Crippen molar-refractivity contribution in [2.24, 2.45) is 0 Å². The molecule has 0 aromatic carbocycles. The average molecular weight is 382 g/mol. The van der Waals surface area contributed by atoms with Crippen LogP contribution >= 0.6 is 15.9 Å². The molecule has 0 amide bonds. The number of ether oxygens (including phenoxy) is 3. The van der Waals surface area contributed by atoms with E-state index in [0.717, 1.165) is 41.8 Å². The van der Waals surface area contributed by atoms with Gasteiger partial charge in [0.25, 0.3) is 0 Å². The number of hydrogen-bond acceptors (Lipinski definition) is 4. The zero-order valence-electron chi connectivity index (χ0n) is 14.2. The van der Waals surface area contributed by atoms with Crippen LogP contribution in [0.4, 0.5) is 0 Å². The fraction of sp³-hybridized carbons (Fsp3) is 0.611. The van der Waals surface area contributed by atoms with E-state index in [1.807, 2.05) is 26.8 Å². The topological polar surface area (TPSA) is 40.6 Å². The first kappa shape index (κ1) is 18.4. The smallest absolute Gasteiger partial charge is 0.123 e. The number of halogens is 1. The van der Waals surface area contributed by atoms with E-state index in [1.54, 1.807) is 13.3 Å². The summed E-state index contributed by atoms with van der Waals surface area (Å²) >= 11 is 3.53. The summed E-state index contributed by atoms with van der Waals surface area (Å²) in [6, 6.07) is 1.97. The summed E-state index contributed by atoms with van der Waals surface area (Å²) in [5.74, 6) is 6.37. The number of rotatable bonds is 4. The lowest BCUT2D eigenvalue weighted by Gasteiger charge is -2.29. The molecule has 0 bridgehead atoms. The molecule has 5 heteroatoms. The van der Waals surface area contributed by atoms with Crippen molar-refractivity contribution in [3.63, 3.8) is 0 Å². The first-order valence-electron chi connectivity index (χ1n) is 7.88. The van der Waals surface area contributed by atoms with Gasteiger partial charge in [0.05, 0.1) is 17.9 Å². The van der Waals surface area contributed by atoms with Crippen LogP contribution in [0, 0.1) is 11.8 Å². The Morgan fingerprint density at radius 1 is 1.39 bits per heavy atom. The Bertz CT molecular complexity index is 586. The number of methoxy groups -OCH3 is 1. The largest absolute Gasteiger partial charge is 0.381 e. The lowest BCUT2D eigenvalue weighted by Crippen LogP contribution is -2.33. The molecule has 1 atom stereocenters. The van der Waals surface area contributed by atoms with Crippen LogP contribution < -0.4 is 0 Å². The molecule has 0 spiro atoms. The number of nitrogens with zero attached hydrogens (tertiary/aromatic N) is 1. The summed E-state index contributed by atoms with van der Waals surface area (Å²) in [5, 5.41) is 0. The molecular weight excluding hydrogens is 358 g/mol. The minimum Gasteiger partial charge on any atom is -0.381 e. The molecule has 23 heavy (non-hydrogen) atoms. The van der Waals surface area contributed by atoms with E-state index >= 15 is 0 Å². The molecule has 1 aliphatic heterocycles. The highest BCUT2D eigenvalue weighted by molar-refractivity contribution is 9.10. The van der Waals surface area contributed by atoms with Gasteiger partial charge in [0.15, 0.2) is 0 Å². The number of aromatic nitrogens is 1. The van der Waals surface area contributed by atoms with E-state index in [1.165, 1.54) is 0 Å². The highest BCUT2D eigenvalue weighted by Crippen LogP contribution is 2.24. The molecule has 2 heterocycles. The molecular formula is C18H24BrNO3. The zero-order valence-corrected chi connectivity index (χ0v) is 15.8. The van der Waals surface area contributed by atoms with Crippen molar-refractivity contribution >= 4 is 15.9 Å². The van der Waals surface area contributed by atoms with Crippen LogP contribution in [0.1, 0.15) is 51.0 Å². The maximum Gasteiger partial charge on any atom is 0.123 e. The Kier molecular flexibility index (Phi) is 6.60. The van der Waals surface area contributed by atoms with Crippen molar-refractivity contribution in [1.82, 2.24) is 4.98 Å². The van der Waals surface area contributed by atoms with Gasteiger partial charge in [-0.05, 0) is 55.6 Å². The van der Waals surface area contributed by atoms with Gasteiger partial charge in [0.1, 0.15) is 5.60 Å². The van der Waals surface area contributed by atoms with Crippen LogP contribution in [0.5, 0.6) is 0 Å². The average Bonchev–Trinajstić information content (AvgIpc) is 2.53. The first-order valence-corrected chi connectivity index (χ1v) is 8.67. The molecule has 1 aromatic rings. The lowest BCUT2D eigenvalue weighted by molar-refractivity contribution is -0.0834. The molecule has 1 fully saturated rings. The highest BCUT2D eigenvalue weighted by atomic mass is 79.9. The predicted octanol–water partition coefficient (Wildman–Crippen LogP) is 3.88. The Balaban J connectivity index is 2.06. The molecule has 1 saturated heterocycles. The summed E-state index contributed by atoms with van der Waals surface area (Å²) in [4.78, 5) is 4.43. The Hall–Kier alpha value is -0.930. The summed E-state index contributed by atoms with van der Waals surface area (Å²) in [5.41, 5.74) is 1.23. The van der Waals surface area contributed by atoms with Gasteiger partial charge in [0, 0.05) is 36.6 Å². The molecule has 1 aliphatic rings. The van der Waals surface area contributed by atoms with Crippen LogP contribution in [0.3, 0.4) is 0 Å². The predicted molar refractivity (Wildman–Crippen MR) is 93.2 cm³/mol. The van der Waals surface area contributed by atoms with Crippen molar-refractivity contribution in [1.29, 1.82) is 0 Å². The van der Waals surface area contributed by atoms with Crippen molar-refractivity contribution in [3.8, 4) is 11.8 Å². The third-order valence-electron chi connectivity index (χ3n) is 3.75. The second-order valence-electron chi connectivity index (χ2n) is 6.16. The van der Waals surface area contributed by atoms with Crippen LogP contribution in [-0.4, -0.2) is 37.0 Å². The molecule has 0 N–H and O–H groups in total. The summed E-state index contributed by atoms with van der Waals surface area (Å²) in [6.45, 7) is 7.50. The molecule has 0 aliphatic carbocycles. The molecule has 1 aromatic heterocycles. The van der Waals surface area contributed by atoms with E-state index in [2.05, 4.69) is 32.8 Å². The molecule has 2 rings (SSSR count). The monoisotopic (exact) mass is 381 g/mol. The van der Waals surface area contributed by atoms with Gasteiger partial charge in [0.2, 0.25) is 0 Å². The molecule has 4 nitrogen and oxygen atoms in total. The second-order valence-corrected chi connectivity index (χ2v) is 7.01. The van der Waals surface area contributed by atoms with Crippen molar-refractivity contribution in [3.05, 3.63) is 28.0 Å². The van der Waals surface area contributed by atoms with E-state index in [-0.39, 0.29) is 12.2 Å². The SMILES string of the molecule is CO[C@@H](C)c1ncc(C#CC(C)(C)OC2CCOCC2)cc1Br. The first-order chi connectivity index (χ1) is 10.9. The quantitative estimate of drug-likeness (QED) is 0.742. The third-order valence-corrected chi connectivity index (χ3v) is 4.38. The molecule has 0 saturated carbocycles. The Morgan fingerprint density at radius 2 is 2.09 bits per heavy atom. The third kappa shape index (κ3) is 5.58. The maximum absolute atomic E-state index is 6.10. The molecule has 126 valence electrons. The lowest BCUT2D eigenvalue weighted by atomic mass is 10.1. The maximum atomic E-state index is 6.10. The Morgan fingerprint density at radius 3 is 2.70 bits per heavy atom. The van der Waals surface area contributed by atoms with Gasteiger partial charge >= 0.3 is 0 Å². The number of hydrogen-bond donors (Lipinski definition) is 0. The summed E-state index contributed by atoms with van der Waals surface area (Å²) in [6.07, 6.45) is 3.80. The van der Waals surface area contributed by atoms with Crippen LogP contribution in [0.2, 0.25) is 0 Å².